The molecule has 2 aromatic carbocycles. The van der Waals surface area contributed by atoms with Gasteiger partial charge in [0.1, 0.15) is 5.82 Å². The molecule has 31 heavy (non-hydrogen) atoms. The predicted molar refractivity (Wildman–Crippen MR) is 117 cm³/mol. The van der Waals surface area contributed by atoms with Crippen molar-refractivity contribution in [2.45, 2.75) is 25.8 Å². The Bertz CT molecular complexity index is 1050. The van der Waals surface area contributed by atoms with Gasteiger partial charge in [-0.3, -0.25) is 9.69 Å². The van der Waals surface area contributed by atoms with Crippen molar-refractivity contribution in [1.29, 1.82) is 0 Å². The van der Waals surface area contributed by atoms with Gasteiger partial charge < -0.3 is 4.90 Å². The van der Waals surface area contributed by atoms with Gasteiger partial charge in [0.2, 0.25) is 0 Å². The molecular weight excluding hydrogens is 391 g/mol. The summed E-state index contributed by atoms with van der Waals surface area (Å²) in [5.74, 6) is -0.130. The van der Waals surface area contributed by atoms with Crippen molar-refractivity contribution in [3.8, 4) is 5.69 Å². The lowest BCUT2D eigenvalue weighted by Crippen LogP contribution is -2.45. The zero-order valence-electron chi connectivity index (χ0n) is 17.6. The zero-order chi connectivity index (χ0) is 21.3. The topological polar surface area (TPSA) is 41.4 Å². The van der Waals surface area contributed by atoms with Crippen LogP contribution in [0.5, 0.6) is 0 Å². The predicted octanol–water partition coefficient (Wildman–Crippen LogP) is 4.14. The Morgan fingerprint density at radius 1 is 1.00 bits per heavy atom. The van der Waals surface area contributed by atoms with Crippen molar-refractivity contribution in [3.05, 3.63) is 83.9 Å². The molecule has 0 bridgehead atoms. The standard InChI is InChI=1S/C25H27FN4O/c26-22-9-7-20(8-10-22)16-28-13-4-11-25(18-28)12-14-29(19-25)24(31)21-15-27-30(17-21)23-5-2-1-3-6-23/h1-3,5-10,15,17H,4,11-14,16,18-19H2/t25-/m0/s1. The van der Waals surface area contributed by atoms with Gasteiger partial charge >= 0.3 is 0 Å². The summed E-state index contributed by atoms with van der Waals surface area (Å²) in [5.41, 5.74) is 2.88. The van der Waals surface area contributed by atoms with Crippen LogP contribution in [0.3, 0.4) is 0 Å². The zero-order valence-corrected chi connectivity index (χ0v) is 17.6. The van der Waals surface area contributed by atoms with E-state index in [1.54, 1.807) is 10.9 Å². The van der Waals surface area contributed by atoms with Crippen LogP contribution in [0.4, 0.5) is 4.39 Å². The monoisotopic (exact) mass is 418 g/mol. The van der Waals surface area contributed by atoms with E-state index in [9.17, 15) is 9.18 Å². The van der Waals surface area contributed by atoms with E-state index >= 15 is 0 Å². The molecule has 2 saturated heterocycles. The number of likely N-dealkylation sites (tertiary alicyclic amines) is 2. The second kappa shape index (κ2) is 8.27. The molecular formula is C25H27FN4O. The fourth-order valence-corrected chi connectivity index (χ4v) is 5.07. The molecule has 0 radical (unpaired) electrons. The summed E-state index contributed by atoms with van der Waals surface area (Å²) in [7, 11) is 0. The van der Waals surface area contributed by atoms with E-state index in [4.69, 9.17) is 0 Å². The molecule has 0 N–H and O–H groups in total. The SMILES string of the molecule is O=C(c1cnn(-c2ccccc2)c1)N1CC[C@]2(CCCN(Cc3ccc(F)cc3)C2)C1. The Kier molecular flexibility index (Phi) is 5.32. The molecule has 3 aromatic rings. The van der Waals surface area contributed by atoms with E-state index < -0.39 is 0 Å². The molecule has 1 amide bonds. The first-order valence-electron chi connectivity index (χ1n) is 11.0. The number of aromatic nitrogens is 2. The van der Waals surface area contributed by atoms with Crippen LogP contribution in [0, 0.1) is 11.2 Å². The number of benzene rings is 2. The number of carbonyl (C=O) groups is 1. The molecule has 2 aliphatic heterocycles. The Morgan fingerprint density at radius 2 is 1.81 bits per heavy atom. The van der Waals surface area contributed by atoms with E-state index in [0.29, 0.717) is 5.56 Å². The van der Waals surface area contributed by atoms with E-state index in [1.165, 1.54) is 12.1 Å². The molecule has 1 aromatic heterocycles. The third-order valence-corrected chi connectivity index (χ3v) is 6.64. The molecule has 2 fully saturated rings. The average molecular weight is 419 g/mol. The third kappa shape index (κ3) is 4.26. The smallest absolute Gasteiger partial charge is 0.257 e. The largest absolute Gasteiger partial charge is 0.338 e. The van der Waals surface area contributed by atoms with Crippen molar-refractivity contribution in [3.63, 3.8) is 0 Å². The maximum absolute atomic E-state index is 13.2. The van der Waals surface area contributed by atoms with Crippen LogP contribution in [0.2, 0.25) is 0 Å². The van der Waals surface area contributed by atoms with E-state index in [1.807, 2.05) is 53.6 Å². The van der Waals surface area contributed by atoms with Gasteiger partial charge in [0, 0.05) is 37.8 Å². The normalized spacial score (nSPS) is 21.6. The van der Waals surface area contributed by atoms with E-state index in [0.717, 1.165) is 63.2 Å². The van der Waals surface area contributed by atoms with Crippen LogP contribution in [0.25, 0.3) is 5.69 Å². The van der Waals surface area contributed by atoms with Crippen molar-refractivity contribution in [2.24, 2.45) is 5.41 Å². The van der Waals surface area contributed by atoms with Crippen LogP contribution in [0.1, 0.15) is 35.2 Å². The molecule has 160 valence electrons. The number of hydrogen-bond acceptors (Lipinski definition) is 3. The number of amides is 1. The lowest BCUT2D eigenvalue weighted by molar-refractivity contribution is 0.0675. The van der Waals surface area contributed by atoms with Crippen molar-refractivity contribution in [1.82, 2.24) is 19.6 Å². The fourth-order valence-electron chi connectivity index (χ4n) is 5.07. The first kappa shape index (κ1) is 19.9. The van der Waals surface area contributed by atoms with Gasteiger partial charge in [-0.05, 0) is 55.6 Å². The molecule has 1 atom stereocenters. The maximum Gasteiger partial charge on any atom is 0.257 e. The molecule has 6 heteroatoms. The highest BCUT2D eigenvalue weighted by molar-refractivity contribution is 5.94. The summed E-state index contributed by atoms with van der Waals surface area (Å²) in [6.45, 7) is 4.45. The summed E-state index contributed by atoms with van der Waals surface area (Å²) < 4.78 is 15.0. The molecule has 5 rings (SSSR count). The van der Waals surface area contributed by atoms with Gasteiger partial charge in [-0.15, -0.1) is 0 Å². The lowest BCUT2D eigenvalue weighted by Gasteiger charge is -2.40. The number of halogens is 1. The highest BCUT2D eigenvalue weighted by atomic mass is 19.1. The second-order valence-corrected chi connectivity index (χ2v) is 8.93. The molecule has 0 unspecified atom stereocenters. The Labute approximate surface area is 182 Å². The summed E-state index contributed by atoms with van der Waals surface area (Å²) in [6.07, 6.45) is 6.81. The Hall–Kier alpha value is -2.99. The van der Waals surface area contributed by atoms with E-state index in [-0.39, 0.29) is 17.1 Å². The molecule has 1 spiro atoms. The van der Waals surface area contributed by atoms with Gasteiger partial charge in [-0.2, -0.15) is 5.10 Å². The number of nitrogens with zero attached hydrogens (tertiary/aromatic N) is 4. The quantitative estimate of drug-likeness (QED) is 0.640. The first-order valence-corrected chi connectivity index (χ1v) is 11.0. The first-order chi connectivity index (χ1) is 15.1. The molecule has 0 aliphatic carbocycles. The average Bonchev–Trinajstić information content (AvgIpc) is 3.44. The van der Waals surface area contributed by atoms with Gasteiger partial charge in [0.15, 0.2) is 0 Å². The summed E-state index contributed by atoms with van der Waals surface area (Å²) in [6, 6.07) is 16.6. The minimum atomic E-state index is -0.195. The molecule has 5 nitrogen and oxygen atoms in total. The highest BCUT2D eigenvalue weighted by Gasteiger charge is 2.43. The van der Waals surface area contributed by atoms with Gasteiger partial charge in [0.25, 0.3) is 5.91 Å². The van der Waals surface area contributed by atoms with Crippen LogP contribution >= 0.6 is 0 Å². The molecule has 0 saturated carbocycles. The molecule has 2 aliphatic rings. The van der Waals surface area contributed by atoms with Gasteiger partial charge in [0.05, 0.1) is 17.4 Å². The summed E-state index contributed by atoms with van der Waals surface area (Å²) in [5, 5.41) is 4.38. The molecule has 3 heterocycles. The van der Waals surface area contributed by atoms with E-state index in [2.05, 4.69) is 10.00 Å². The van der Waals surface area contributed by atoms with Gasteiger partial charge in [-0.25, -0.2) is 9.07 Å². The van der Waals surface area contributed by atoms with Gasteiger partial charge in [-0.1, -0.05) is 30.3 Å². The number of hydrogen-bond donors (Lipinski definition) is 0. The summed E-state index contributed by atoms with van der Waals surface area (Å²) >= 11 is 0. The maximum atomic E-state index is 13.2. The minimum absolute atomic E-state index is 0.0646. The van der Waals surface area contributed by atoms with Crippen LogP contribution in [-0.2, 0) is 6.54 Å². The highest BCUT2D eigenvalue weighted by Crippen LogP contribution is 2.39. The third-order valence-electron chi connectivity index (χ3n) is 6.64. The minimum Gasteiger partial charge on any atom is -0.338 e. The Balaban J connectivity index is 1.24. The number of piperidine rings is 1. The number of para-hydroxylation sites is 1. The fraction of sp³-hybridized carbons (Fsp3) is 0.360. The van der Waals surface area contributed by atoms with Crippen molar-refractivity contribution >= 4 is 5.91 Å². The Morgan fingerprint density at radius 3 is 2.61 bits per heavy atom. The van der Waals surface area contributed by atoms with Crippen LogP contribution in [0.15, 0.2) is 67.0 Å². The van der Waals surface area contributed by atoms with Crippen LogP contribution in [-0.4, -0.2) is 51.7 Å². The van der Waals surface area contributed by atoms with Crippen molar-refractivity contribution in [2.75, 3.05) is 26.2 Å². The lowest BCUT2D eigenvalue weighted by atomic mass is 9.79. The van der Waals surface area contributed by atoms with Crippen molar-refractivity contribution < 1.29 is 9.18 Å². The number of carbonyl (C=O) groups excluding carboxylic acids is 1. The number of rotatable bonds is 4. The summed E-state index contributed by atoms with van der Waals surface area (Å²) in [4.78, 5) is 17.6. The van der Waals surface area contributed by atoms with Crippen LogP contribution < -0.4 is 0 Å². The second-order valence-electron chi connectivity index (χ2n) is 8.93.